The molecule has 3 nitrogen and oxygen atoms in total. The van der Waals surface area contributed by atoms with Crippen LogP contribution in [-0.4, -0.2) is 30.8 Å². The zero-order valence-corrected chi connectivity index (χ0v) is 12.5. The van der Waals surface area contributed by atoms with Crippen LogP contribution in [-0.2, 0) is 11.2 Å². The van der Waals surface area contributed by atoms with Gasteiger partial charge in [-0.15, -0.1) is 23.1 Å². The van der Waals surface area contributed by atoms with Gasteiger partial charge in [0.1, 0.15) is 5.25 Å². The molecule has 2 N–H and O–H groups in total. The molecule has 1 unspecified atom stereocenters. The molecule has 100 valence electrons. The Bertz CT molecular complexity index is 405. The molecule has 1 aromatic rings. The molecule has 1 aliphatic rings. The molecule has 1 amide bonds. The standard InChI is InChI=1S/C13H20N2OS2/c1-3-14-9(2)8-15-13(16)12-10-4-6-17-11(10)5-7-18-12/h4,6,9,12,14H,3,5,7-8H2,1-2H3,(H,15,16)/t9-,12?/m1/s1. The summed E-state index contributed by atoms with van der Waals surface area (Å²) in [5.41, 5.74) is 1.23. The lowest BCUT2D eigenvalue weighted by molar-refractivity contribution is -0.120. The van der Waals surface area contributed by atoms with Crippen LogP contribution in [0.2, 0.25) is 0 Å². The quantitative estimate of drug-likeness (QED) is 0.871. The molecule has 0 fully saturated rings. The minimum atomic E-state index is -0.00572. The zero-order valence-electron chi connectivity index (χ0n) is 10.9. The van der Waals surface area contributed by atoms with E-state index in [1.54, 1.807) is 23.1 Å². The number of rotatable bonds is 5. The van der Waals surface area contributed by atoms with Crippen molar-refractivity contribution in [2.45, 2.75) is 31.6 Å². The maximum atomic E-state index is 12.2. The van der Waals surface area contributed by atoms with Crippen LogP contribution in [0.4, 0.5) is 0 Å². The van der Waals surface area contributed by atoms with E-state index in [0.29, 0.717) is 12.6 Å². The highest BCUT2D eigenvalue weighted by Crippen LogP contribution is 2.39. The van der Waals surface area contributed by atoms with Crippen LogP contribution >= 0.6 is 23.1 Å². The molecule has 0 aromatic carbocycles. The second-order valence-electron chi connectivity index (χ2n) is 4.50. The lowest BCUT2D eigenvalue weighted by Crippen LogP contribution is -2.40. The fourth-order valence-electron chi connectivity index (χ4n) is 2.13. The van der Waals surface area contributed by atoms with Crippen molar-refractivity contribution in [3.63, 3.8) is 0 Å². The number of nitrogens with one attached hydrogen (secondary N) is 2. The van der Waals surface area contributed by atoms with E-state index in [-0.39, 0.29) is 11.2 Å². The van der Waals surface area contributed by atoms with Crippen molar-refractivity contribution in [1.29, 1.82) is 0 Å². The smallest absolute Gasteiger partial charge is 0.237 e. The first kappa shape index (κ1) is 13.9. The summed E-state index contributed by atoms with van der Waals surface area (Å²) in [5, 5.41) is 8.44. The van der Waals surface area contributed by atoms with Crippen molar-refractivity contribution < 1.29 is 4.79 Å². The Morgan fingerprint density at radius 3 is 3.22 bits per heavy atom. The maximum absolute atomic E-state index is 12.2. The lowest BCUT2D eigenvalue weighted by Gasteiger charge is -2.22. The molecule has 1 aliphatic heterocycles. The molecule has 0 saturated carbocycles. The fourth-order valence-corrected chi connectivity index (χ4v) is 4.45. The van der Waals surface area contributed by atoms with Crippen LogP contribution in [0, 0.1) is 0 Å². The molecule has 0 spiro atoms. The Balaban J connectivity index is 1.91. The summed E-state index contributed by atoms with van der Waals surface area (Å²) < 4.78 is 0. The summed E-state index contributed by atoms with van der Waals surface area (Å²) in [6.07, 6.45) is 1.11. The summed E-state index contributed by atoms with van der Waals surface area (Å²) in [6, 6.07) is 2.43. The highest BCUT2D eigenvalue weighted by molar-refractivity contribution is 8.00. The van der Waals surface area contributed by atoms with Gasteiger partial charge in [-0.3, -0.25) is 4.79 Å². The Labute approximate surface area is 117 Å². The van der Waals surface area contributed by atoms with E-state index in [2.05, 4.69) is 35.9 Å². The normalized spacial score (nSPS) is 20.2. The first-order valence-corrected chi connectivity index (χ1v) is 8.34. The number of hydrogen-bond acceptors (Lipinski definition) is 4. The molecule has 2 rings (SSSR count). The molecule has 1 aromatic heterocycles. The number of fused-ring (bicyclic) bond motifs is 1. The number of carbonyl (C=O) groups excluding carboxylic acids is 1. The SMILES string of the molecule is CCN[C@H](C)CNC(=O)C1SCCc2sccc21. The summed E-state index contributed by atoms with van der Waals surface area (Å²) in [7, 11) is 0. The van der Waals surface area contributed by atoms with E-state index < -0.39 is 0 Å². The molecule has 0 aliphatic carbocycles. The first-order chi connectivity index (χ1) is 8.72. The van der Waals surface area contributed by atoms with E-state index >= 15 is 0 Å². The predicted octanol–water partition coefficient (Wildman–Crippen LogP) is 2.19. The Morgan fingerprint density at radius 2 is 2.44 bits per heavy atom. The molecule has 5 heteroatoms. The molecule has 18 heavy (non-hydrogen) atoms. The highest BCUT2D eigenvalue weighted by Gasteiger charge is 2.27. The van der Waals surface area contributed by atoms with Crippen molar-refractivity contribution in [2.75, 3.05) is 18.8 Å². The Morgan fingerprint density at radius 1 is 1.61 bits per heavy atom. The van der Waals surface area contributed by atoms with Crippen LogP contribution in [0.15, 0.2) is 11.4 Å². The third-order valence-corrected chi connectivity index (χ3v) is 5.29. The number of aryl methyl sites for hydroxylation is 1. The van der Waals surface area contributed by atoms with Gasteiger partial charge in [-0.2, -0.15) is 0 Å². The van der Waals surface area contributed by atoms with E-state index in [9.17, 15) is 4.79 Å². The molecule has 0 saturated heterocycles. The van der Waals surface area contributed by atoms with Gasteiger partial charge in [0.15, 0.2) is 0 Å². The summed E-state index contributed by atoms with van der Waals surface area (Å²) >= 11 is 3.53. The number of thiophene rings is 1. The predicted molar refractivity (Wildman–Crippen MR) is 79.4 cm³/mol. The Hall–Kier alpha value is -0.520. The largest absolute Gasteiger partial charge is 0.353 e. The van der Waals surface area contributed by atoms with Gasteiger partial charge in [0.25, 0.3) is 0 Å². The van der Waals surface area contributed by atoms with Crippen molar-refractivity contribution >= 4 is 29.0 Å². The van der Waals surface area contributed by atoms with Crippen LogP contribution < -0.4 is 10.6 Å². The second kappa shape index (κ2) is 6.59. The van der Waals surface area contributed by atoms with E-state index in [1.165, 1.54) is 10.4 Å². The van der Waals surface area contributed by atoms with Gasteiger partial charge in [-0.25, -0.2) is 0 Å². The fraction of sp³-hybridized carbons (Fsp3) is 0.615. The number of carbonyl (C=O) groups is 1. The number of amides is 1. The van der Waals surface area contributed by atoms with E-state index in [4.69, 9.17) is 0 Å². The van der Waals surface area contributed by atoms with Crippen LogP contribution in [0.3, 0.4) is 0 Å². The van der Waals surface area contributed by atoms with Crippen LogP contribution in [0.25, 0.3) is 0 Å². The van der Waals surface area contributed by atoms with Crippen LogP contribution in [0.5, 0.6) is 0 Å². The summed E-state index contributed by atoms with van der Waals surface area (Å²) in [6.45, 7) is 5.80. The van der Waals surface area contributed by atoms with Gasteiger partial charge in [-0.05, 0) is 42.7 Å². The van der Waals surface area contributed by atoms with Crippen molar-refractivity contribution in [1.82, 2.24) is 10.6 Å². The maximum Gasteiger partial charge on any atom is 0.237 e. The van der Waals surface area contributed by atoms with Gasteiger partial charge < -0.3 is 10.6 Å². The molecule has 2 atom stereocenters. The number of hydrogen-bond donors (Lipinski definition) is 2. The average Bonchev–Trinajstić information content (AvgIpc) is 2.84. The summed E-state index contributed by atoms with van der Waals surface area (Å²) in [5.74, 6) is 1.21. The monoisotopic (exact) mass is 284 g/mol. The van der Waals surface area contributed by atoms with Crippen LogP contribution in [0.1, 0.15) is 29.5 Å². The Kier molecular flexibility index (Phi) is 5.09. The molecule has 0 bridgehead atoms. The first-order valence-electron chi connectivity index (χ1n) is 6.41. The molecular formula is C13H20N2OS2. The molecular weight excluding hydrogens is 264 g/mol. The van der Waals surface area contributed by atoms with Gasteiger partial charge in [0.2, 0.25) is 5.91 Å². The minimum absolute atomic E-state index is 0.00572. The van der Waals surface area contributed by atoms with Crippen molar-refractivity contribution in [3.8, 4) is 0 Å². The lowest BCUT2D eigenvalue weighted by atomic mass is 10.1. The molecule has 2 heterocycles. The highest BCUT2D eigenvalue weighted by atomic mass is 32.2. The zero-order chi connectivity index (χ0) is 13.0. The topological polar surface area (TPSA) is 41.1 Å². The number of likely N-dealkylation sites (N-methyl/N-ethyl adjacent to an activating group) is 1. The van der Waals surface area contributed by atoms with Gasteiger partial charge in [0, 0.05) is 17.5 Å². The van der Waals surface area contributed by atoms with Gasteiger partial charge >= 0.3 is 0 Å². The van der Waals surface area contributed by atoms with Crippen molar-refractivity contribution in [3.05, 3.63) is 21.9 Å². The van der Waals surface area contributed by atoms with Crippen molar-refractivity contribution in [2.24, 2.45) is 0 Å². The van der Waals surface area contributed by atoms with Gasteiger partial charge in [-0.1, -0.05) is 6.92 Å². The van der Waals surface area contributed by atoms with E-state index in [1.807, 2.05) is 0 Å². The third-order valence-electron chi connectivity index (χ3n) is 3.05. The minimum Gasteiger partial charge on any atom is -0.353 e. The number of thioether (sulfide) groups is 1. The average molecular weight is 284 g/mol. The van der Waals surface area contributed by atoms with Gasteiger partial charge in [0.05, 0.1) is 0 Å². The second-order valence-corrected chi connectivity index (χ2v) is 6.72. The van der Waals surface area contributed by atoms with E-state index in [0.717, 1.165) is 18.7 Å². The third kappa shape index (κ3) is 3.28. The molecule has 0 radical (unpaired) electrons. The summed E-state index contributed by atoms with van der Waals surface area (Å²) in [4.78, 5) is 13.6.